The molecule has 0 saturated carbocycles. The van der Waals surface area contributed by atoms with E-state index in [0.29, 0.717) is 11.8 Å². The number of alkyl halides is 1. The Labute approximate surface area is 108 Å². The van der Waals surface area contributed by atoms with Gasteiger partial charge in [-0.2, -0.15) is 0 Å². The minimum Gasteiger partial charge on any atom is -0.324 e. The summed E-state index contributed by atoms with van der Waals surface area (Å²) in [5, 5.41) is 0. The van der Waals surface area contributed by atoms with Crippen LogP contribution in [0.25, 0.3) is 0 Å². The fourth-order valence-electron chi connectivity index (χ4n) is 1.48. The summed E-state index contributed by atoms with van der Waals surface area (Å²) in [6.07, 6.45) is 5.89. The van der Waals surface area contributed by atoms with Crippen molar-refractivity contribution < 1.29 is 0 Å². The van der Waals surface area contributed by atoms with Crippen LogP contribution in [0.2, 0.25) is 0 Å². The summed E-state index contributed by atoms with van der Waals surface area (Å²) in [5.74, 6) is 2.24. The van der Waals surface area contributed by atoms with Gasteiger partial charge in [0.25, 0.3) is 0 Å². The van der Waals surface area contributed by atoms with Crippen molar-refractivity contribution in [3.63, 3.8) is 0 Å². The highest BCUT2D eigenvalue weighted by Crippen LogP contribution is 2.16. The number of unbranched alkanes of at least 4 members (excludes halogenated alkanes) is 2. The van der Waals surface area contributed by atoms with Gasteiger partial charge >= 0.3 is 0 Å². The molecule has 0 heterocycles. The Morgan fingerprint density at radius 1 is 1.00 bits per heavy atom. The maximum absolute atomic E-state index is 5.79. The molecular weight excluding hydrogens is 218 g/mol. The molecule has 0 spiro atoms. The van der Waals surface area contributed by atoms with Crippen LogP contribution in [0.5, 0.6) is 0 Å². The second kappa shape index (κ2) is 13.3. The fraction of sp³-hybridized carbons (Fsp3) is 0.929. The molecule has 0 saturated heterocycles. The highest BCUT2D eigenvalue weighted by molar-refractivity contribution is 6.17. The van der Waals surface area contributed by atoms with Crippen LogP contribution in [0.1, 0.15) is 66.7 Å². The van der Waals surface area contributed by atoms with Gasteiger partial charge in [-0.25, -0.2) is 0 Å². The molecule has 0 bridgehead atoms. The first kappa shape index (κ1) is 18.6. The third-order valence-electron chi connectivity index (χ3n) is 2.08. The monoisotopic (exact) mass is 248 g/mol. The van der Waals surface area contributed by atoms with Gasteiger partial charge < -0.3 is 5.73 Å². The predicted octanol–water partition coefficient (Wildman–Crippen LogP) is 4.98. The lowest BCUT2D eigenvalue weighted by Gasteiger charge is -2.14. The van der Waals surface area contributed by atoms with Gasteiger partial charge in [-0.15, -0.1) is 11.6 Å². The highest BCUT2D eigenvalue weighted by atomic mass is 35.5. The smallest absolute Gasteiger partial charge is 0.0341 e. The first-order chi connectivity index (χ1) is 7.43. The topological polar surface area (TPSA) is 26.0 Å². The molecule has 0 amide bonds. The Morgan fingerprint density at radius 3 is 1.62 bits per heavy atom. The average molecular weight is 249 g/mol. The molecule has 0 rings (SSSR count). The molecule has 1 nitrogen and oxygen atoms in total. The minimum absolute atomic E-state index is 0.707. The van der Waals surface area contributed by atoms with E-state index >= 15 is 0 Å². The van der Waals surface area contributed by atoms with Gasteiger partial charge in [-0.3, -0.25) is 0 Å². The lowest BCUT2D eigenvalue weighted by Crippen LogP contribution is -2.14. The lowest BCUT2D eigenvalue weighted by atomic mass is 9.97. The zero-order chi connectivity index (χ0) is 13.0. The predicted molar refractivity (Wildman–Crippen MR) is 76.6 cm³/mol. The van der Waals surface area contributed by atoms with Crippen LogP contribution >= 0.6 is 11.6 Å². The molecule has 0 aliphatic rings. The number of nitrogens with two attached hydrogens (primary N) is 1. The molecular formula is C14H31ClN. The van der Waals surface area contributed by atoms with Gasteiger partial charge in [0.1, 0.15) is 0 Å². The molecule has 0 atom stereocenters. The van der Waals surface area contributed by atoms with Gasteiger partial charge in [-0.05, 0) is 31.1 Å². The maximum Gasteiger partial charge on any atom is 0.0341 e. The largest absolute Gasteiger partial charge is 0.324 e. The van der Waals surface area contributed by atoms with Crippen LogP contribution in [0.15, 0.2) is 0 Å². The molecule has 1 radical (unpaired) electrons. The summed E-state index contributed by atoms with van der Waals surface area (Å²) in [4.78, 5) is 0. The molecule has 0 aromatic rings. The van der Waals surface area contributed by atoms with E-state index in [-0.39, 0.29) is 0 Å². The van der Waals surface area contributed by atoms with E-state index in [4.69, 9.17) is 17.3 Å². The zero-order valence-corrected chi connectivity index (χ0v) is 12.6. The summed E-state index contributed by atoms with van der Waals surface area (Å²) < 4.78 is 0. The van der Waals surface area contributed by atoms with Crippen molar-refractivity contribution in [3.05, 3.63) is 6.04 Å². The third kappa shape index (κ3) is 19.8. The molecule has 0 aliphatic carbocycles. The standard InChI is InChI=1S/C9H20N.C5H11Cl/c1-7(2)5-9(10)6-8(3)4;1-2-3-4-5-6/h7-8H,5-6,10H2,1-4H3;2-5H2,1H3. The van der Waals surface area contributed by atoms with E-state index < -0.39 is 0 Å². The number of hydrogen-bond donors (Lipinski definition) is 1. The molecule has 0 aromatic carbocycles. The summed E-state index contributed by atoms with van der Waals surface area (Å²) in [7, 11) is 0. The molecule has 2 heteroatoms. The second-order valence-corrected chi connectivity index (χ2v) is 5.63. The summed E-state index contributed by atoms with van der Waals surface area (Å²) in [6.45, 7) is 11.0. The van der Waals surface area contributed by atoms with E-state index in [9.17, 15) is 0 Å². The average Bonchev–Trinajstić information content (AvgIpc) is 2.12. The van der Waals surface area contributed by atoms with Crippen LogP contribution < -0.4 is 5.73 Å². The van der Waals surface area contributed by atoms with E-state index in [1.165, 1.54) is 19.3 Å². The Kier molecular flexibility index (Phi) is 15.5. The number of rotatable bonds is 7. The third-order valence-corrected chi connectivity index (χ3v) is 2.35. The van der Waals surface area contributed by atoms with Crippen molar-refractivity contribution in [3.8, 4) is 0 Å². The van der Waals surface area contributed by atoms with Gasteiger partial charge in [0.05, 0.1) is 0 Å². The summed E-state index contributed by atoms with van der Waals surface area (Å²) >= 11 is 5.38. The molecule has 16 heavy (non-hydrogen) atoms. The van der Waals surface area contributed by atoms with E-state index in [1.54, 1.807) is 0 Å². The fourth-order valence-corrected chi connectivity index (χ4v) is 1.67. The molecule has 0 unspecified atom stereocenters. The van der Waals surface area contributed by atoms with Crippen LogP contribution in [0.4, 0.5) is 0 Å². The maximum atomic E-state index is 5.79. The van der Waals surface area contributed by atoms with Crippen molar-refractivity contribution in [1.29, 1.82) is 0 Å². The first-order valence-electron chi connectivity index (χ1n) is 6.60. The van der Waals surface area contributed by atoms with E-state index in [0.717, 1.165) is 24.8 Å². The van der Waals surface area contributed by atoms with Crippen molar-refractivity contribution in [1.82, 2.24) is 0 Å². The summed E-state index contributed by atoms with van der Waals surface area (Å²) in [6, 6.07) is 1.16. The summed E-state index contributed by atoms with van der Waals surface area (Å²) in [5.41, 5.74) is 5.79. The molecule has 0 fully saturated rings. The van der Waals surface area contributed by atoms with Gasteiger partial charge in [0.15, 0.2) is 0 Å². The Bertz CT molecular complexity index is 110. The van der Waals surface area contributed by atoms with Crippen molar-refractivity contribution in [2.24, 2.45) is 17.6 Å². The number of hydrogen-bond acceptors (Lipinski definition) is 1. The van der Waals surface area contributed by atoms with Crippen molar-refractivity contribution in [2.45, 2.75) is 66.7 Å². The van der Waals surface area contributed by atoms with Gasteiger partial charge in [0, 0.05) is 11.9 Å². The first-order valence-corrected chi connectivity index (χ1v) is 7.13. The Morgan fingerprint density at radius 2 is 1.44 bits per heavy atom. The normalized spacial score (nSPS) is 10.9. The van der Waals surface area contributed by atoms with E-state index in [2.05, 4.69) is 34.6 Å². The van der Waals surface area contributed by atoms with Crippen molar-refractivity contribution in [2.75, 3.05) is 5.88 Å². The van der Waals surface area contributed by atoms with Crippen molar-refractivity contribution >= 4 is 11.6 Å². The minimum atomic E-state index is 0.707. The van der Waals surface area contributed by atoms with Crippen LogP contribution in [-0.4, -0.2) is 5.88 Å². The van der Waals surface area contributed by atoms with E-state index in [1.807, 2.05) is 0 Å². The quantitative estimate of drug-likeness (QED) is 0.499. The van der Waals surface area contributed by atoms with Gasteiger partial charge in [0.2, 0.25) is 0 Å². The van der Waals surface area contributed by atoms with Crippen LogP contribution in [-0.2, 0) is 0 Å². The van der Waals surface area contributed by atoms with Crippen LogP contribution in [0, 0.1) is 17.9 Å². The molecule has 0 aromatic heterocycles. The zero-order valence-electron chi connectivity index (χ0n) is 11.9. The SMILES string of the molecule is CC(C)C[C](N)CC(C)C.CCCCCCl. The van der Waals surface area contributed by atoms with Crippen LogP contribution in [0.3, 0.4) is 0 Å². The van der Waals surface area contributed by atoms with Gasteiger partial charge in [-0.1, -0.05) is 47.5 Å². The Hall–Kier alpha value is 0.250. The Balaban J connectivity index is 0. The molecule has 0 aliphatic heterocycles. The highest BCUT2D eigenvalue weighted by Gasteiger charge is 2.07. The number of halogens is 1. The molecule has 2 N–H and O–H groups in total. The second-order valence-electron chi connectivity index (χ2n) is 5.25. The lowest BCUT2D eigenvalue weighted by molar-refractivity contribution is 0.506. The molecule has 99 valence electrons.